The Morgan fingerprint density at radius 2 is 2.04 bits per heavy atom. The van der Waals surface area contributed by atoms with Crippen LogP contribution in [0.15, 0.2) is 42.6 Å². The van der Waals surface area contributed by atoms with E-state index in [1.807, 2.05) is 30.5 Å². The van der Waals surface area contributed by atoms with Crippen LogP contribution in [0.2, 0.25) is 0 Å². The predicted octanol–water partition coefficient (Wildman–Crippen LogP) is 2.06. The highest BCUT2D eigenvalue weighted by Gasteiger charge is 2.40. The lowest BCUT2D eigenvalue weighted by Crippen LogP contribution is -2.52. The molecule has 0 radical (unpaired) electrons. The summed E-state index contributed by atoms with van der Waals surface area (Å²) in [5, 5.41) is 0. The van der Waals surface area contributed by atoms with Gasteiger partial charge >= 0.3 is 0 Å². The van der Waals surface area contributed by atoms with Gasteiger partial charge in [0.2, 0.25) is 0 Å². The molecule has 0 amide bonds. The second-order valence-corrected chi connectivity index (χ2v) is 6.25. The number of aromatic nitrogens is 2. The lowest BCUT2D eigenvalue weighted by Gasteiger charge is -2.40. The van der Waals surface area contributed by atoms with Crippen LogP contribution in [0, 0.1) is 0 Å². The molecule has 0 aliphatic carbocycles. The minimum absolute atomic E-state index is 0.150. The number of rotatable bonds is 3. The lowest BCUT2D eigenvalue weighted by molar-refractivity contribution is -0.0581. The lowest BCUT2D eigenvalue weighted by atomic mass is 10.0. The maximum absolute atomic E-state index is 5.99. The highest BCUT2D eigenvalue weighted by molar-refractivity contribution is 5.39. The average Bonchev–Trinajstić information content (AvgIpc) is 3.04. The van der Waals surface area contributed by atoms with Crippen molar-refractivity contribution in [2.24, 2.45) is 0 Å². The Balaban J connectivity index is 1.51. The zero-order valence-corrected chi connectivity index (χ0v) is 13.1. The third-order valence-corrected chi connectivity index (χ3v) is 4.54. The van der Waals surface area contributed by atoms with Crippen molar-refractivity contribution in [3.63, 3.8) is 0 Å². The maximum atomic E-state index is 5.99. The fourth-order valence-corrected chi connectivity index (χ4v) is 3.30. The molecular weight excluding hydrogens is 290 g/mol. The van der Waals surface area contributed by atoms with Gasteiger partial charge in [-0.1, -0.05) is 30.3 Å². The van der Waals surface area contributed by atoms with Gasteiger partial charge in [-0.05, 0) is 11.6 Å². The van der Waals surface area contributed by atoms with Crippen molar-refractivity contribution in [2.75, 3.05) is 37.8 Å². The molecule has 2 aliphatic rings. The van der Waals surface area contributed by atoms with Crippen LogP contribution in [-0.2, 0) is 15.9 Å². The molecule has 0 saturated carbocycles. The first-order valence-electron chi connectivity index (χ1n) is 8.16. The van der Waals surface area contributed by atoms with Gasteiger partial charge in [-0.2, -0.15) is 0 Å². The zero-order valence-electron chi connectivity index (χ0n) is 13.1. The Labute approximate surface area is 136 Å². The van der Waals surface area contributed by atoms with E-state index in [1.54, 1.807) is 0 Å². The van der Waals surface area contributed by atoms with Crippen LogP contribution in [0.1, 0.15) is 17.8 Å². The van der Waals surface area contributed by atoms with Gasteiger partial charge in [-0.25, -0.2) is 9.97 Å². The van der Waals surface area contributed by atoms with E-state index < -0.39 is 0 Å². The number of hydrogen-bond acceptors (Lipinski definition) is 5. The predicted molar refractivity (Wildman–Crippen MR) is 87.6 cm³/mol. The van der Waals surface area contributed by atoms with Gasteiger partial charge in [0, 0.05) is 32.2 Å². The summed E-state index contributed by atoms with van der Waals surface area (Å²) in [6.07, 6.45) is 3.58. The van der Waals surface area contributed by atoms with Crippen LogP contribution in [0.5, 0.6) is 0 Å². The second-order valence-electron chi connectivity index (χ2n) is 6.25. The van der Waals surface area contributed by atoms with E-state index in [-0.39, 0.29) is 5.60 Å². The summed E-state index contributed by atoms with van der Waals surface area (Å²) >= 11 is 0. The molecule has 2 aromatic rings. The van der Waals surface area contributed by atoms with Gasteiger partial charge in [0.15, 0.2) is 0 Å². The van der Waals surface area contributed by atoms with Crippen molar-refractivity contribution >= 4 is 5.82 Å². The first-order chi connectivity index (χ1) is 11.3. The number of anilines is 1. The third kappa shape index (κ3) is 3.21. The van der Waals surface area contributed by atoms with Gasteiger partial charge in [0.05, 0.1) is 19.8 Å². The molecule has 1 atom stereocenters. The molecule has 0 bridgehead atoms. The topological polar surface area (TPSA) is 47.5 Å². The fraction of sp³-hybridized carbons (Fsp3) is 0.444. The smallest absolute Gasteiger partial charge is 0.135 e. The van der Waals surface area contributed by atoms with Crippen LogP contribution in [-0.4, -0.2) is 48.5 Å². The number of benzene rings is 1. The molecule has 5 nitrogen and oxygen atoms in total. The number of morpholine rings is 1. The molecule has 1 spiro atoms. The molecule has 23 heavy (non-hydrogen) atoms. The normalized spacial score (nSPS) is 24.3. The van der Waals surface area contributed by atoms with Crippen LogP contribution < -0.4 is 4.90 Å². The highest BCUT2D eigenvalue weighted by Crippen LogP contribution is 2.29. The molecule has 3 heterocycles. The Bertz CT molecular complexity index is 656. The fourth-order valence-electron chi connectivity index (χ4n) is 3.30. The van der Waals surface area contributed by atoms with E-state index in [4.69, 9.17) is 14.5 Å². The van der Waals surface area contributed by atoms with Crippen molar-refractivity contribution in [3.8, 4) is 0 Å². The third-order valence-electron chi connectivity index (χ3n) is 4.54. The number of nitrogens with zero attached hydrogens (tertiary/aromatic N) is 3. The summed E-state index contributed by atoms with van der Waals surface area (Å²) in [5.74, 6) is 1.84. The van der Waals surface area contributed by atoms with Crippen molar-refractivity contribution in [2.45, 2.75) is 18.4 Å². The molecule has 1 aromatic heterocycles. The molecular formula is C18H21N3O2. The van der Waals surface area contributed by atoms with E-state index >= 15 is 0 Å². The summed E-state index contributed by atoms with van der Waals surface area (Å²) in [7, 11) is 0. The van der Waals surface area contributed by atoms with Crippen molar-refractivity contribution < 1.29 is 9.47 Å². The highest BCUT2D eigenvalue weighted by atomic mass is 16.6. The maximum Gasteiger partial charge on any atom is 0.135 e. The van der Waals surface area contributed by atoms with E-state index in [1.165, 1.54) is 5.56 Å². The van der Waals surface area contributed by atoms with Gasteiger partial charge in [0.25, 0.3) is 0 Å². The van der Waals surface area contributed by atoms with E-state index in [0.29, 0.717) is 6.61 Å². The molecule has 2 fully saturated rings. The summed E-state index contributed by atoms with van der Waals surface area (Å²) in [4.78, 5) is 11.5. The summed E-state index contributed by atoms with van der Waals surface area (Å²) in [5.41, 5.74) is 1.08. The van der Waals surface area contributed by atoms with Crippen molar-refractivity contribution in [1.82, 2.24) is 9.97 Å². The van der Waals surface area contributed by atoms with Crippen LogP contribution in [0.3, 0.4) is 0 Å². The largest absolute Gasteiger partial charge is 0.378 e. The zero-order chi connectivity index (χ0) is 15.5. The van der Waals surface area contributed by atoms with Gasteiger partial charge in [-0.15, -0.1) is 0 Å². The summed E-state index contributed by atoms with van der Waals surface area (Å²) in [6, 6.07) is 12.3. The second kappa shape index (κ2) is 6.26. The van der Waals surface area contributed by atoms with Gasteiger partial charge < -0.3 is 14.4 Å². The van der Waals surface area contributed by atoms with Crippen LogP contribution in [0.25, 0.3) is 0 Å². The van der Waals surface area contributed by atoms with Gasteiger partial charge in [-0.3, -0.25) is 0 Å². The molecule has 1 aromatic carbocycles. The Morgan fingerprint density at radius 1 is 1.13 bits per heavy atom. The number of ether oxygens (including phenoxy) is 2. The summed E-state index contributed by atoms with van der Waals surface area (Å²) in [6.45, 7) is 3.90. The Hall–Kier alpha value is -1.98. The van der Waals surface area contributed by atoms with E-state index in [2.05, 4.69) is 22.0 Å². The van der Waals surface area contributed by atoms with Crippen molar-refractivity contribution in [1.29, 1.82) is 0 Å². The first-order valence-corrected chi connectivity index (χ1v) is 8.16. The van der Waals surface area contributed by atoms with E-state index in [9.17, 15) is 0 Å². The Morgan fingerprint density at radius 3 is 2.87 bits per heavy atom. The Kier molecular flexibility index (Phi) is 3.97. The van der Waals surface area contributed by atoms with Crippen molar-refractivity contribution in [3.05, 3.63) is 54.0 Å². The first kappa shape index (κ1) is 14.6. The summed E-state index contributed by atoms with van der Waals surface area (Å²) < 4.78 is 11.5. The molecule has 2 aliphatic heterocycles. The van der Waals surface area contributed by atoms with E-state index in [0.717, 1.165) is 50.8 Å². The molecule has 5 heteroatoms. The molecule has 120 valence electrons. The molecule has 0 N–H and O–H groups in total. The molecule has 1 unspecified atom stereocenters. The standard InChI is InChI=1S/C18H21N3O2/c1-2-4-15(5-3-1)12-16-19-8-6-17(20-16)21-9-11-23-18(13-21)7-10-22-14-18/h1-6,8H,7,9-14H2. The monoisotopic (exact) mass is 311 g/mol. The van der Waals surface area contributed by atoms with Crippen LogP contribution in [0.4, 0.5) is 5.82 Å². The van der Waals surface area contributed by atoms with Crippen LogP contribution >= 0.6 is 0 Å². The minimum Gasteiger partial charge on any atom is -0.378 e. The molecule has 4 rings (SSSR count). The number of hydrogen-bond donors (Lipinski definition) is 0. The van der Waals surface area contributed by atoms with Gasteiger partial charge in [0.1, 0.15) is 17.2 Å². The average molecular weight is 311 g/mol. The minimum atomic E-state index is -0.150. The quantitative estimate of drug-likeness (QED) is 0.868. The SMILES string of the molecule is c1ccc(Cc2nccc(N3CCOC4(CCOC4)C3)n2)cc1. The molecule has 2 saturated heterocycles.